The van der Waals surface area contributed by atoms with Gasteiger partial charge >= 0.3 is 10.2 Å². The predicted molar refractivity (Wildman–Crippen MR) is 61.2 cm³/mol. The monoisotopic (exact) mass is 270 g/mol. The second kappa shape index (κ2) is 4.73. The summed E-state index contributed by atoms with van der Waals surface area (Å²) >= 11 is 0. The molecule has 0 aliphatic heterocycles. The molecule has 2 aromatic rings. The van der Waals surface area contributed by atoms with Gasteiger partial charge in [-0.1, -0.05) is 0 Å². The van der Waals surface area contributed by atoms with E-state index in [1.165, 1.54) is 36.4 Å². The Balaban J connectivity index is 2.18. The Morgan fingerprint density at radius 3 is 1.72 bits per heavy atom. The van der Waals surface area contributed by atoms with Crippen LogP contribution in [0, 0.1) is 5.82 Å². The van der Waals surface area contributed by atoms with Crippen molar-refractivity contribution in [2.24, 2.45) is 0 Å². The first-order valence-corrected chi connectivity index (χ1v) is 6.32. The summed E-state index contributed by atoms with van der Waals surface area (Å²) in [5, 5.41) is 0. The highest BCUT2D eigenvalue weighted by atomic mass is 32.3. The van der Waals surface area contributed by atoms with Gasteiger partial charge in [0.15, 0.2) is 0 Å². The van der Waals surface area contributed by atoms with Gasteiger partial charge in [0.25, 0.3) is 0 Å². The van der Waals surface area contributed by atoms with Crippen LogP contribution < -0.4 is 4.74 Å². The maximum atomic E-state index is 12.6. The third-order valence-corrected chi connectivity index (χ3v) is 2.99. The van der Waals surface area contributed by atoms with Gasteiger partial charge in [0, 0.05) is 0 Å². The molecule has 0 aromatic heterocycles. The minimum absolute atomic E-state index is 0.328. The topological polar surface area (TPSA) is 43.4 Å². The highest BCUT2D eigenvalue weighted by Gasteiger charge is 2.11. The molecule has 18 heavy (non-hydrogen) atoms. The molecule has 94 valence electrons. The van der Waals surface area contributed by atoms with Crippen molar-refractivity contribution in [3.8, 4) is 11.5 Å². The zero-order valence-electron chi connectivity index (χ0n) is 9.01. The number of hydrogen-bond donors (Lipinski definition) is 0. The molecule has 0 saturated carbocycles. The van der Waals surface area contributed by atoms with Crippen molar-refractivity contribution in [1.82, 2.24) is 0 Å². The summed E-state index contributed by atoms with van der Waals surface area (Å²) in [5.41, 5.74) is 0. The van der Waals surface area contributed by atoms with E-state index in [4.69, 9.17) is 4.74 Å². The Kier molecular flexibility index (Phi) is 3.29. The lowest BCUT2D eigenvalue weighted by Gasteiger charge is -2.05. The molecule has 0 fully saturated rings. The Morgan fingerprint density at radius 2 is 1.28 bits per heavy atom. The average Bonchev–Trinajstić information content (AvgIpc) is 2.32. The lowest BCUT2D eigenvalue weighted by atomic mass is 10.3. The third-order valence-electron chi connectivity index (χ3n) is 2.15. The first-order valence-electron chi connectivity index (χ1n) is 4.93. The van der Waals surface area contributed by atoms with E-state index in [1.54, 1.807) is 0 Å². The van der Waals surface area contributed by atoms with Gasteiger partial charge in [0.1, 0.15) is 17.3 Å². The SMILES string of the molecule is O=S(=O)(F)c1ccc(Oc2ccc(F)cc2)cc1. The maximum Gasteiger partial charge on any atom is 0.332 e. The molecule has 0 heterocycles. The van der Waals surface area contributed by atoms with E-state index in [0.717, 1.165) is 12.1 Å². The molecule has 0 unspecified atom stereocenters. The zero-order chi connectivity index (χ0) is 13.2. The van der Waals surface area contributed by atoms with Crippen LogP contribution in [-0.2, 0) is 10.2 Å². The Bertz CT molecular complexity index is 634. The van der Waals surface area contributed by atoms with Gasteiger partial charge in [0.2, 0.25) is 0 Å². The van der Waals surface area contributed by atoms with Gasteiger partial charge in [-0.3, -0.25) is 0 Å². The highest BCUT2D eigenvalue weighted by Crippen LogP contribution is 2.23. The lowest BCUT2D eigenvalue weighted by Crippen LogP contribution is -1.91. The van der Waals surface area contributed by atoms with Crippen LogP contribution in [0.2, 0.25) is 0 Å². The zero-order valence-corrected chi connectivity index (χ0v) is 9.82. The Morgan fingerprint density at radius 1 is 0.833 bits per heavy atom. The van der Waals surface area contributed by atoms with Crippen LogP contribution >= 0.6 is 0 Å². The Labute approximate surface area is 103 Å². The number of halogens is 2. The molecule has 3 nitrogen and oxygen atoms in total. The normalized spacial score (nSPS) is 11.2. The van der Waals surface area contributed by atoms with Gasteiger partial charge < -0.3 is 4.74 Å². The summed E-state index contributed by atoms with van der Waals surface area (Å²) in [6.45, 7) is 0. The minimum Gasteiger partial charge on any atom is -0.457 e. The van der Waals surface area contributed by atoms with Gasteiger partial charge in [-0.25, -0.2) is 4.39 Å². The van der Waals surface area contributed by atoms with Crippen molar-refractivity contribution in [2.45, 2.75) is 4.90 Å². The van der Waals surface area contributed by atoms with Crippen molar-refractivity contribution in [3.05, 3.63) is 54.3 Å². The number of benzene rings is 2. The predicted octanol–water partition coefficient (Wildman–Crippen LogP) is 3.28. The molecule has 0 amide bonds. The van der Waals surface area contributed by atoms with Crippen LogP contribution in [0.3, 0.4) is 0 Å². The molecule has 0 N–H and O–H groups in total. The van der Waals surface area contributed by atoms with Crippen molar-refractivity contribution < 1.29 is 21.4 Å². The first kappa shape index (κ1) is 12.5. The fourth-order valence-electron chi connectivity index (χ4n) is 1.31. The summed E-state index contributed by atoms with van der Waals surface area (Å²) < 4.78 is 51.8. The molecule has 6 heteroatoms. The van der Waals surface area contributed by atoms with Gasteiger partial charge in [-0.05, 0) is 48.5 Å². The van der Waals surface area contributed by atoms with Gasteiger partial charge in [0.05, 0.1) is 4.90 Å². The third kappa shape index (κ3) is 3.04. The summed E-state index contributed by atoms with van der Waals surface area (Å²) in [4.78, 5) is -0.436. The van der Waals surface area contributed by atoms with Crippen molar-refractivity contribution in [1.29, 1.82) is 0 Å². The average molecular weight is 270 g/mol. The fourth-order valence-corrected chi connectivity index (χ4v) is 1.77. The molecule has 0 aliphatic rings. The first-order chi connectivity index (χ1) is 8.45. The number of hydrogen-bond acceptors (Lipinski definition) is 3. The minimum atomic E-state index is -4.70. The highest BCUT2D eigenvalue weighted by molar-refractivity contribution is 7.86. The van der Waals surface area contributed by atoms with E-state index in [2.05, 4.69) is 0 Å². The molecule has 2 rings (SSSR count). The molecule has 0 aliphatic carbocycles. The van der Waals surface area contributed by atoms with E-state index < -0.39 is 15.1 Å². The molecule has 0 saturated heterocycles. The largest absolute Gasteiger partial charge is 0.457 e. The quantitative estimate of drug-likeness (QED) is 0.804. The molecule has 0 atom stereocenters. The molecular weight excluding hydrogens is 262 g/mol. The van der Waals surface area contributed by atoms with E-state index in [-0.39, 0.29) is 5.82 Å². The van der Waals surface area contributed by atoms with Gasteiger partial charge in [-0.15, -0.1) is 3.89 Å². The summed E-state index contributed by atoms with van der Waals surface area (Å²) in [7, 11) is -4.70. The smallest absolute Gasteiger partial charge is 0.332 e. The van der Waals surface area contributed by atoms with Crippen molar-refractivity contribution in [3.63, 3.8) is 0 Å². The molecular formula is C12H8F2O3S. The van der Waals surface area contributed by atoms with E-state index in [0.29, 0.717) is 11.5 Å². The van der Waals surface area contributed by atoms with Crippen LogP contribution in [0.25, 0.3) is 0 Å². The molecule has 0 spiro atoms. The summed E-state index contributed by atoms with van der Waals surface area (Å²) in [5.74, 6) is 0.336. The molecule has 2 aromatic carbocycles. The standard InChI is InChI=1S/C12H8F2O3S/c13-9-1-3-10(4-2-9)17-11-5-7-12(8-6-11)18(14,15)16/h1-8H. The summed E-state index contributed by atoms with van der Waals surface area (Å²) in [6.07, 6.45) is 0. The summed E-state index contributed by atoms with van der Waals surface area (Å²) in [6, 6.07) is 10.1. The van der Waals surface area contributed by atoms with E-state index >= 15 is 0 Å². The maximum absolute atomic E-state index is 12.6. The fraction of sp³-hybridized carbons (Fsp3) is 0. The van der Waals surface area contributed by atoms with Crippen LogP contribution in [0.5, 0.6) is 11.5 Å². The van der Waals surface area contributed by atoms with E-state index in [9.17, 15) is 16.7 Å². The number of ether oxygens (including phenoxy) is 1. The van der Waals surface area contributed by atoms with Crippen LogP contribution in [0.15, 0.2) is 53.4 Å². The second-order valence-corrected chi connectivity index (χ2v) is 4.81. The van der Waals surface area contributed by atoms with Gasteiger partial charge in [-0.2, -0.15) is 8.42 Å². The van der Waals surface area contributed by atoms with Crippen molar-refractivity contribution >= 4 is 10.2 Å². The molecule has 0 bridgehead atoms. The van der Waals surface area contributed by atoms with Crippen LogP contribution in [-0.4, -0.2) is 8.42 Å². The van der Waals surface area contributed by atoms with Crippen molar-refractivity contribution in [2.75, 3.05) is 0 Å². The van der Waals surface area contributed by atoms with E-state index in [1.807, 2.05) is 0 Å². The Hall–Kier alpha value is -1.95. The second-order valence-electron chi connectivity index (χ2n) is 3.47. The number of rotatable bonds is 3. The van der Waals surface area contributed by atoms with Crippen LogP contribution in [0.4, 0.5) is 8.28 Å². The molecule has 0 radical (unpaired) electrons. The van der Waals surface area contributed by atoms with Crippen LogP contribution in [0.1, 0.15) is 0 Å². The lowest BCUT2D eigenvalue weighted by molar-refractivity contribution is 0.480.